The lowest BCUT2D eigenvalue weighted by Crippen LogP contribution is -2.59. The number of carbonyl (C=O) groups is 3. The van der Waals surface area contributed by atoms with Crippen molar-refractivity contribution in [2.24, 2.45) is 5.92 Å². The van der Waals surface area contributed by atoms with Crippen LogP contribution in [0.3, 0.4) is 0 Å². The van der Waals surface area contributed by atoms with Gasteiger partial charge < -0.3 is 15.1 Å². The lowest BCUT2D eigenvalue weighted by Gasteiger charge is -2.41. The number of hydrogen-bond donors (Lipinski definition) is 1. The van der Waals surface area contributed by atoms with E-state index in [1.807, 2.05) is 47.1 Å². The summed E-state index contributed by atoms with van der Waals surface area (Å²) in [4.78, 5) is 42.8. The number of hydrogen-bond acceptors (Lipinski definition) is 3. The fourth-order valence-corrected chi connectivity index (χ4v) is 5.54. The molecule has 3 rings (SSSR count). The van der Waals surface area contributed by atoms with Crippen LogP contribution in [0.1, 0.15) is 109 Å². The molecular weight excluding hydrogens is 474 g/mol. The Bertz CT molecular complexity index is 855. The fourth-order valence-electron chi connectivity index (χ4n) is 5.54. The third kappa shape index (κ3) is 10.4. The van der Waals surface area contributed by atoms with E-state index in [0.29, 0.717) is 32.5 Å². The summed E-state index contributed by atoms with van der Waals surface area (Å²) in [6.07, 6.45) is 16.7. The molecule has 1 saturated carbocycles. The third-order valence-corrected chi connectivity index (χ3v) is 8.07. The van der Waals surface area contributed by atoms with Gasteiger partial charge in [-0.05, 0) is 31.7 Å². The van der Waals surface area contributed by atoms with Crippen LogP contribution in [-0.2, 0) is 20.8 Å². The lowest BCUT2D eigenvalue weighted by molar-refractivity contribution is -0.145. The number of benzene rings is 1. The maximum absolute atomic E-state index is 13.6. The molecule has 0 bridgehead atoms. The second-order valence-electron chi connectivity index (χ2n) is 11.5. The van der Waals surface area contributed by atoms with Crippen LogP contribution in [0, 0.1) is 5.92 Å². The zero-order chi connectivity index (χ0) is 27.2. The van der Waals surface area contributed by atoms with Crippen molar-refractivity contribution >= 4 is 17.7 Å². The first-order chi connectivity index (χ1) is 18.5. The van der Waals surface area contributed by atoms with E-state index in [1.54, 1.807) is 0 Å². The molecule has 1 aliphatic carbocycles. The first kappa shape index (κ1) is 30.2. The molecule has 3 amide bonds. The molecular formula is C32H51N3O3. The number of amides is 3. The summed E-state index contributed by atoms with van der Waals surface area (Å²) < 4.78 is 0. The predicted molar refractivity (Wildman–Crippen MR) is 154 cm³/mol. The third-order valence-electron chi connectivity index (χ3n) is 8.07. The van der Waals surface area contributed by atoms with Crippen LogP contribution in [0.15, 0.2) is 30.3 Å². The van der Waals surface area contributed by atoms with E-state index in [2.05, 4.69) is 12.2 Å². The zero-order valence-electron chi connectivity index (χ0n) is 24.0. The number of nitrogens with one attached hydrogen (secondary N) is 1. The van der Waals surface area contributed by atoms with E-state index < -0.39 is 6.04 Å². The molecule has 0 aromatic heterocycles. The Labute approximate surface area is 230 Å². The number of piperazine rings is 1. The highest BCUT2D eigenvalue weighted by Crippen LogP contribution is 2.32. The summed E-state index contributed by atoms with van der Waals surface area (Å²) in [5.41, 5.74) is 1.04. The number of rotatable bonds is 17. The molecule has 1 aliphatic heterocycles. The topological polar surface area (TPSA) is 69.7 Å². The Morgan fingerprint density at radius 3 is 2.05 bits per heavy atom. The molecule has 2 aliphatic rings. The molecule has 2 fully saturated rings. The van der Waals surface area contributed by atoms with Crippen molar-refractivity contribution in [2.45, 2.75) is 122 Å². The summed E-state index contributed by atoms with van der Waals surface area (Å²) in [6.45, 7) is 5.91. The second-order valence-corrected chi connectivity index (χ2v) is 11.5. The highest BCUT2D eigenvalue weighted by atomic mass is 16.2. The van der Waals surface area contributed by atoms with Gasteiger partial charge >= 0.3 is 0 Å². The van der Waals surface area contributed by atoms with Crippen LogP contribution in [0.25, 0.3) is 0 Å². The smallest absolute Gasteiger partial charge is 0.245 e. The van der Waals surface area contributed by atoms with Crippen LogP contribution >= 0.6 is 0 Å². The average Bonchev–Trinajstić information content (AvgIpc) is 3.77. The summed E-state index contributed by atoms with van der Waals surface area (Å²) in [6, 6.07) is 9.34. The minimum atomic E-state index is -0.574. The molecule has 6 nitrogen and oxygen atoms in total. The van der Waals surface area contributed by atoms with E-state index in [0.717, 1.165) is 31.2 Å². The molecule has 1 aromatic rings. The first-order valence-corrected chi connectivity index (χ1v) is 15.4. The van der Waals surface area contributed by atoms with E-state index >= 15 is 0 Å². The Hall–Kier alpha value is -2.37. The average molecular weight is 526 g/mol. The maximum Gasteiger partial charge on any atom is 0.245 e. The van der Waals surface area contributed by atoms with Gasteiger partial charge in [0.15, 0.2) is 0 Å². The normalized spacial score (nSPS) is 18.3. The van der Waals surface area contributed by atoms with Gasteiger partial charge in [0.1, 0.15) is 6.04 Å². The standard InChI is InChI=1S/C32H51N3O3/c1-3-4-5-6-7-8-9-10-11-12-16-19-30(36)33-29(24-27-17-14-13-15-18-27)32(38)34-22-23-35(26(2)25-34)31(37)28-20-21-28/h13-15,17-18,26,28-29H,3-12,16,19-25H2,1-2H3,(H,33,36). The fraction of sp³-hybridized carbons (Fsp3) is 0.719. The van der Waals surface area contributed by atoms with Gasteiger partial charge in [-0.2, -0.15) is 0 Å². The van der Waals surface area contributed by atoms with Gasteiger partial charge in [-0.1, -0.05) is 101 Å². The molecule has 2 unspecified atom stereocenters. The zero-order valence-corrected chi connectivity index (χ0v) is 24.0. The van der Waals surface area contributed by atoms with Gasteiger partial charge in [0.05, 0.1) is 0 Å². The minimum Gasteiger partial charge on any atom is -0.344 e. The second kappa shape index (κ2) is 16.6. The maximum atomic E-state index is 13.6. The molecule has 38 heavy (non-hydrogen) atoms. The van der Waals surface area contributed by atoms with Crippen molar-refractivity contribution in [3.05, 3.63) is 35.9 Å². The predicted octanol–water partition coefficient (Wildman–Crippen LogP) is 5.88. The van der Waals surface area contributed by atoms with Crippen LogP contribution in [0.2, 0.25) is 0 Å². The van der Waals surface area contributed by atoms with Gasteiger partial charge in [0.2, 0.25) is 17.7 Å². The van der Waals surface area contributed by atoms with Crippen molar-refractivity contribution in [3.63, 3.8) is 0 Å². The molecule has 1 saturated heterocycles. The van der Waals surface area contributed by atoms with Crippen molar-refractivity contribution in [1.29, 1.82) is 0 Å². The number of unbranched alkanes of at least 4 members (excludes halogenated alkanes) is 10. The first-order valence-electron chi connectivity index (χ1n) is 15.4. The molecule has 2 atom stereocenters. The van der Waals surface area contributed by atoms with E-state index in [-0.39, 0.29) is 29.7 Å². The Kier molecular flexibility index (Phi) is 13.2. The van der Waals surface area contributed by atoms with Gasteiger partial charge in [-0.15, -0.1) is 0 Å². The highest BCUT2D eigenvalue weighted by Gasteiger charge is 2.39. The van der Waals surface area contributed by atoms with Crippen LogP contribution in [-0.4, -0.2) is 59.2 Å². The highest BCUT2D eigenvalue weighted by molar-refractivity contribution is 5.88. The van der Waals surface area contributed by atoms with Crippen LogP contribution in [0.5, 0.6) is 0 Å². The van der Waals surface area contributed by atoms with Gasteiger partial charge in [-0.3, -0.25) is 14.4 Å². The summed E-state index contributed by atoms with van der Waals surface area (Å²) in [5, 5.41) is 3.06. The van der Waals surface area contributed by atoms with Crippen molar-refractivity contribution in [2.75, 3.05) is 19.6 Å². The quantitative estimate of drug-likeness (QED) is 0.258. The molecule has 6 heteroatoms. The largest absolute Gasteiger partial charge is 0.344 e. The summed E-state index contributed by atoms with van der Waals surface area (Å²) in [7, 11) is 0. The van der Waals surface area contributed by atoms with Gasteiger partial charge in [0.25, 0.3) is 0 Å². The van der Waals surface area contributed by atoms with E-state index in [9.17, 15) is 14.4 Å². The van der Waals surface area contributed by atoms with Gasteiger partial charge in [0, 0.05) is 44.4 Å². The Morgan fingerprint density at radius 1 is 0.868 bits per heavy atom. The number of carbonyl (C=O) groups excluding carboxylic acids is 3. The van der Waals surface area contributed by atoms with E-state index in [1.165, 1.54) is 57.8 Å². The number of nitrogens with zero attached hydrogens (tertiary/aromatic N) is 2. The monoisotopic (exact) mass is 525 g/mol. The molecule has 212 valence electrons. The SMILES string of the molecule is CCCCCCCCCCCCCC(=O)NC(Cc1ccccc1)C(=O)N1CCN(C(=O)C2CC2)C(C)C1. The van der Waals surface area contributed by atoms with Crippen molar-refractivity contribution < 1.29 is 14.4 Å². The van der Waals surface area contributed by atoms with Crippen molar-refractivity contribution in [3.8, 4) is 0 Å². The molecule has 1 aromatic carbocycles. The molecule has 0 radical (unpaired) electrons. The molecule has 1 N–H and O–H groups in total. The molecule has 1 heterocycles. The Balaban J connectivity index is 1.41. The summed E-state index contributed by atoms with van der Waals surface area (Å²) >= 11 is 0. The van der Waals surface area contributed by atoms with Crippen molar-refractivity contribution in [1.82, 2.24) is 15.1 Å². The van der Waals surface area contributed by atoms with Crippen LogP contribution in [0.4, 0.5) is 0 Å². The summed E-state index contributed by atoms with van der Waals surface area (Å²) in [5.74, 6) is 0.364. The molecule has 0 spiro atoms. The van der Waals surface area contributed by atoms with Crippen LogP contribution < -0.4 is 5.32 Å². The van der Waals surface area contributed by atoms with Gasteiger partial charge in [-0.25, -0.2) is 0 Å². The minimum absolute atomic E-state index is 0.00483. The van der Waals surface area contributed by atoms with E-state index in [4.69, 9.17) is 0 Å². The lowest BCUT2D eigenvalue weighted by atomic mass is 10.0. The Morgan fingerprint density at radius 2 is 1.47 bits per heavy atom.